The Kier molecular flexibility index (Phi) is 2.79. The lowest BCUT2D eigenvalue weighted by atomic mass is 9.98. The second-order valence-electron chi connectivity index (χ2n) is 5.02. The molecule has 3 nitrogen and oxygen atoms in total. The zero-order valence-electron chi connectivity index (χ0n) is 10.9. The summed E-state index contributed by atoms with van der Waals surface area (Å²) < 4.78 is 1.09. The maximum absolute atomic E-state index is 3.47. The number of anilines is 1. The molecule has 20 heavy (non-hydrogen) atoms. The Morgan fingerprint density at radius 1 is 1.00 bits per heavy atom. The summed E-state index contributed by atoms with van der Waals surface area (Å²) in [4.78, 5) is 0. The van der Waals surface area contributed by atoms with Crippen LogP contribution in [0.15, 0.2) is 59.2 Å². The summed E-state index contributed by atoms with van der Waals surface area (Å²) in [7, 11) is 0. The average molecular weight is 328 g/mol. The zero-order valence-corrected chi connectivity index (χ0v) is 12.5. The van der Waals surface area contributed by atoms with E-state index in [2.05, 4.69) is 86.2 Å². The van der Waals surface area contributed by atoms with Gasteiger partial charge in [0.15, 0.2) is 0 Å². The fourth-order valence-electron chi connectivity index (χ4n) is 2.74. The van der Waals surface area contributed by atoms with Crippen molar-refractivity contribution in [3.8, 4) is 0 Å². The molecule has 0 saturated heterocycles. The molecule has 2 aromatic carbocycles. The first-order valence-corrected chi connectivity index (χ1v) is 7.49. The molecule has 0 saturated carbocycles. The first-order chi connectivity index (χ1) is 9.81. The quantitative estimate of drug-likeness (QED) is 0.864. The molecule has 0 unspecified atom stereocenters. The van der Waals surface area contributed by atoms with Crippen LogP contribution in [0.4, 0.5) is 5.69 Å². The minimum atomic E-state index is 0.996. The highest BCUT2D eigenvalue weighted by Crippen LogP contribution is 2.32. The molecule has 0 aliphatic carbocycles. The predicted molar refractivity (Wildman–Crippen MR) is 84.6 cm³/mol. The van der Waals surface area contributed by atoms with E-state index in [1.807, 2.05) is 0 Å². The maximum Gasteiger partial charge on any atom is 0.0791 e. The molecular formula is C16H14BrN3. The second-order valence-corrected chi connectivity index (χ2v) is 5.94. The number of hydrogen-bond donors (Lipinski definition) is 1. The Morgan fingerprint density at radius 3 is 2.65 bits per heavy atom. The Morgan fingerprint density at radius 2 is 1.80 bits per heavy atom. The SMILES string of the molecule is Brc1ccc(N2C=C3c4ccccc4CCN3N2)cc1. The van der Waals surface area contributed by atoms with Crippen LogP contribution in [0, 0.1) is 0 Å². The highest BCUT2D eigenvalue weighted by atomic mass is 79.9. The van der Waals surface area contributed by atoms with E-state index in [0.29, 0.717) is 0 Å². The molecule has 0 atom stereocenters. The molecule has 1 N–H and O–H groups in total. The number of nitrogens with zero attached hydrogens (tertiary/aromatic N) is 2. The van der Waals surface area contributed by atoms with Gasteiger partial charge in [0, 0.05) is 22.8 Å². The van der Waals surface area contributed by atoms with E-state index in [-0.39, 0.29) is 0 Å². The lowest BCUT2D eigenvalue weighted by Gasteiger charge is -2.29. The van der Waals surface area contributed by atoms with Crippen molar-refractivity contribution in [1.82, 2.24) is 10.5 Å². The maximum atomic E-state index is 3.47. The topological polar surface area (TPSA) is 18.5 Å². The molecule has 2 aliphatic rings. The predicted octanol–water partition coefficient (Wildman–Crippen LogP) is 3.55. The Labute approximate surface area is 126 Å². The van der Waals surface area contributed by atoms with Crippen molar-refractivity contribution < 1.29 is 0 Å². The van der Waals surface area contributed by atoms with Crippen molar-refractivity contribution >= 4 is 27.3 Å². The van der Waals surface area contributed by atoms with E-state index >= 15 is 0 Å². The van der Waals surface area contributed by atoms with E-state index in [4.69, 9.17) is 0 Å². The fourth-order valence-corrected chi connectivity index (χ4v) is 3.01. The molecule has 2 aliphatic heterocycles. The third-order valence-electron chi connectivity index (χ3n) is 3.77. The molecule has 4 rings (SSSR count). The van der Waals surface area contributed by atoms with E-state index in [1.54, 1.807) is 0 Å². The zero-order chi connectivity index (χ0) is 13.5. The van der Waals surface area contributed by atoms with Crippen LogP contribution in [0.3, 0.4) is 0 Å². The molecule has 0 amide bonds. The first-order valence-electron chi connectivity index (χ1n) is 6.70. The van der Waals surface area contributed by atoms with E-state index in [0.717, 1.165) is 23.1 Å². The van der Waals surface area contributed by atoms with Gasteiger partial charge in [0.25, 0.3) is 0 Å². The molecule has 4 heteroatoms. The summed E-state index contributed by atoms with van der Waals surface area (Å²) in [5, 5.41) is 4.29. The van der Waals surface area contributed by atoms with Gasteiger partial charge in [-0.15, -0.1) is 5.53 Å². The van der Waals surface area contributed by atoms with Crippen LogP contribution >= 0.6 is 15.9 Å². The third kappa shape index (κ3) is 1.92. The molecule has 100 valence electrons. The van der Waals surface area contributed by atoms with Gasteiger partial charge in [-0.25, -0.2) is 0 Å². The van der Waals surface area contributed by atoms with Gasteiger partial charge in [-0.3, -0.25) is 10.0 Å². The van der Waals surface area contributed by atoms with Crippen molar-refractivity contribution in [3.05, 3.63) is 70.3 Å². The van der Waals surface area contributed by atoms with Crippen molar-refractivity contribution in [3.63, 3.8) is 0 Å². The van der Waals surface area contributed by atoms with Crippen molar-refractivity contribution in [2.75, 3.05) is 11.6 Å². The monoisotopic (exact) mass is 327 g/mol. The van der Waals surface area contributed by atoms with Crippen LogP contribution < -0.4 is 10.5 Å². The van der Waals surface area contributed by atoms with Crippen molar-refractivity contribution in [2.24, 2.45) is 0 Å². The summed E-state index contributed by atoms with van der Waals surface area (Å²) in [5.41, 5.74) is 8.56. The van der Waals surface area contributed by atoms with Crippen LogP contribution in [0.1, 0.15) is 11.1 Å². The summed E-state index contributed by atoms with van der Waals surface area (Å²) in [5.74, 6) is 0. The number of fused-ring (bicyclic) bond motifs is 3. The highest BCUT2D eigenvalue weighted by molar-refractivity contribution is 9.10. The van der Waals surface area contributed by atoms with E-state index in [9.17, 15) is 0 Å². The number of hydrazine groups is 2. The summed E-state index contributed by atoms with van der Waals surface area (Å²) in [6.07, 6.45) is 3.25. The molecular weight excluding hydrogens is 314 g/mol. The minimum Gasteiger partial charge on any atom is -0.288 e. The molecule has 0 fully saturated rings. The van der Waals surface area contributed by atoms with Crippen LogP contribution in [0.5, 0.6) is 0 Å². The average Bonchev–Trinajstić information content (AvgIpc) is 2.92. The first kappa shape index (κ1) is 12.0. The largest absolute Gasteiger partial charge is 0.288 e. The summed E-state index contributed by atoms with van der Waals surface area (Å²) in [6, 6.07) is 16.9. The smallest absolute Gasteiger partial charge is 0.0791 e. The highest BCUT2D eigenvalue weighted by Gasteiger charge is 2.27. The van der Waals surface area contributed by atoms with Gasteiger partial charge in [-0.2, -0.15) is 0 Å². The minimum absolute atomic E-state index is 0.996. The molecule has 0 spiro atoms. The number of benzene rings is 2. The number of nitrogens with one attached hydrogen (secondary N) is 1. The van der Waals surface area contributed by atoms with Gasteiger partial charge < -0.3 is 0 Å². The molecule has 2 aromatic rings. The number of halogens is 1. The fraction of sp³-hybridized carbons (Fsp3) is 0.125. The van der Waals surface area contributed by atoms with Gasteiger partial charge in [0.1, 0.15) is 0 Å². The van der Waals surface area contributed by atoms with Gasteiger partial charge in [0.2, 0.25) is 0 Å². The van der Waals surface area contributed by atoms with E-state index in [1.165, 1.54) is 16.8 Å². The Bertz CT molecular complexity index is 678. The molecule has 2 heterocycles. The molecule has 0 radical (unpaired) electrons. The Hall–Kier alpha value is -1.78. The third-order valence-corrected chi connectivity index (χ3v) is 4.30. The standard InChI is InChI=1S/C16H14BrN3/c17-13-5-7-14(8-6-13)20-11-16-15-4-2-1-3-12(15)9-10-19(16)18-20/h1-8,11,18H,9-10H2. The number of rotatable bonds is 1. The second kappa shape index (κ2) is 4.65. The van der Waals surface area contributed by atoms with Gasteiger partial charge in [-0.1, -0.05) is 40.2 Å². The van der Waals surface area contributed by atoms with Gasteiger partial charge in [0.05, 0.1) is 11.4 Å². The van der Waals surface area contributed by atoms with E-state index < -0.39 is 0 Å². The molecule has 0 bridgehead atoms. The van der Waals surface area contributed by atoms with Crippen molar-refractivity contribution in [1.29, 1.82) is 0 Å². The van der Waals surface area contributed by atoms with Crippen molar-refractivity contribution in [2.45, 2.75) is 6.42 Å². The lowest BCUT2D eigenvalue weighted by Crippen LogP contribution is -2.42. The molecule has 0 aromatic heterocycles. The van der Waals surface area contributed by atoms with Crippen LogP contribution in [0.2, 0.25) is 0 Å². The van der Waals surface area contributed by atoms with Crippen LogP contribution in [-0.4, -0.2) is 11.6 Å². The van der Waals surface area contributed by atoms with Crippen LogP contribution in [-0.2, 0) is 6.42 Å². The van der Waals surface area contributed by atoms with Gasteiger partial charge in [-0.05, 0) is 36.2 Å². The van der Waals surface area contributed by atoms with Gasteiger partial charge >= 0.3 is 0 Å². The number of hydrogen-bond acceptors (Lipinski definition) is 3. The Balaban J connectivity index is 1.72. The van der Waals surface area contributed by atoms with Crippen LogP contribution in [0.25, 0.3) is 5.70 Å². The lowest BCUT2D eigenvalue weighted by molar-refractivity contribution is 0.307. The summed E-state index contributed by atoms with van der Waals surface area (Å²) in [6.45, 7) is 0.996. The summed E-state index contributed by atoms with van der Waals surface area (Å²) >= 11 is 3.47. The normalized spacial score (nSPS) is 16.8.